The third-order valence-electron chi connectivity index (χ3n) is 2.93. The number of nitrogens with zero attached hydrogens (tertiary/aromatic N) is 2. The lowest BCUT2D eigenvalue weighted by Crippen LogP contribution is -2.20. The Labute approximate surface area is 99.0 Å². The summed E-state index contributed by atoms with van der Waals surface area (Å²) < 4.78 is 7.71. The maximum absolute atomic E-state index is 6.15. The molecule has 0 bridgehead atoms. The molecule has 0 N–H and O–H groups in total. The van der Waals surface area contributed by atoms with Crippen molar-refractivity contribution in [3.63, 3.8) is 0 Å². The van der Waals surface area contributed by atoms with E-state index in [0.29, 0.717) is 0 Å². The fourth-order valence-electron chi connectivity index (χ4n) is 2.07. The molecule has 3 rings (SSSR count). The van der Waals surface area contributed by atoms with Crippen molar-refractivity contribution in [1.29, 1.82) is 0 Å². The van der Waals surface area contributed by atoms with Crippen molar-refractivity contribution in [2.75, 3.05) is 6.61 Å². The number of alkyl halides is 1. The molecule has 0 saturated carbocycles. The smallest absolute Gasteiger partial charge is 0.137 e. The van der Waals surface area contributed by atoms with E-state index in [1.54, 1.807) is 0 Å². The number of aromatic nitrogens is 2. The van der Waals surface area contributed by atoms with E-state index in [9.17, 15) is 0 Å². The van der Waals surface area contributed by atoms with Crippen molar-refractivity contribution < 1.29 is 4.74 Å². The van der Waals surface area contributed by atoms with Gasteiger partial charge in [0.2, 0.25) is 0 Å². The van der Waals surface area contributed by atoms with Crippen LogP contribution in [0.4, 0.5) is 0 Å². The molecule has 2 aromatic heterocycles. The number of rotatable bonds is 1. The maximum Gasteiger partial charge on any atom is 0.137 e. The van der Waals surface area contributed by atoms with Crippen LogP contribution < -0.4 is 0 Å². The first kappa shape index (κ1) is 10.1. The second-order valence-electron chi connectivity index (χ2n) is 4.11. The highest BCUT2D eigenvalue weighted by atomic mass is 35.5. The maximum atomic E-state index is 6.15. The summed E-state index contributed by atoms with van der Waals surface area (Å²) in [5.74, 6) is 0. The molecule has 0 spiro atoms. The van der Waals surface area contributed by atoms with E-state index < -0.39 is 0 Å². The SMILES string of the molecule is ClC1CCOC(c2cn3ccccc3n2)C1. The minimum absolute atomic E-state index is 0.0520. The van der Waals surface area contributed by atoms with Gasteiger partial charge in [-0.3, -0.25) is 0 Å². The molecule has 2 unspecified atom stereocenters. The zero-order valence-corrected chi connectivity index (χ0v) is 9.60. The molecule has 1 saturated heterocycles. The summed E-state index contributed by atoms with van der Waals surface area (Å²) >= 11 is 6.15. The quantitative estimate of drug-likeness (QED) is 0.712. The van der Waals surface area contributed by atoms with E-state index in [0.717, 1.165) is 30.8 Å². The van der Waals surface area contributed by atoms with Gasteiger partial charge in [-0.2, -0.15) is 0 Å². The third kappa shape index (κ3) is 1.81. The molecule has 0 aliphatic carbocycles. The first-order valence-electron chi connectivity index (χ1n) is 5.52. The van der Waals surface area contributed by atoms with E-state index in [2.05, 4.69) is 4.98 Å². The minimum atomic E-state index is 0.0520. The van der Waals surface area contributed by atoms with Crippen molar-refractivity contribution in [3.8, 4) is 0 Å². The second-order valence-corrected chi connectivity index (χ2v) is 4.73. The average Bonchev–Trinajstić information content (AvgIpc) is 2.72. The van der Waals surface area contributed by atoms with Gasteiger partial charge in [0.1, 0.15) is 11.8 Å². The van der Waals surface area contributed by atoms with Gasteiger partial charge < -0.3 is 9.14 Å². The highest BCUT2D eigenvalue weighted by Gasteiger charge is 2.24. The normalized spacial score (nSPS) is 26.1. The van der Waals surface area contributed by atoms with Gasteiger partial charge in [0.15, 0.2) is 0 Å². The predicted molar refractivity (Wildman–Crippen MR) is 62.8 cm³/mol. The van der Waals surface area contributed by atoms with Crippen LogP contribution in [0.25, 0.3) is 5.65 Å². The first-order chi connectivity index (χ1) is 7.83. The van der Waals surface area contributed by atoms with Crippen LogP contribution in [0.1, 0.15) is 24.6 Å². The molecular formula is C12H13ClN2O. The lowest BCUT2D eigenvalue weighted by molar-refractivity contribution is 0.0145. The summed E-state index contributed by atoms with van der Waals surface area (Å²) in [6.45, 7) is 0.729. The zero-order valence-electron chi connectivity index (χ0n) is 8.84. The van der Waals surface area contributed by atoms with Crippen molar-refractivity contribution >= 4 is 17.2 Å². The molecule has 0 aromatic carbocycles. The van der Waals surface area contributed by atoms with Crippen molar-refractivity contribution in [2.45, 2.75) is 24.3 Å². The van der Waals surface area contributed by atoms with Gasteiger partial charge in [0.05, 0.1) is 5.69 Å². The molecule has 16 heavy (non-hydrogen) atoms. The molecule has 3 nitrogen and oxygen atoms in total. The molecule has 3 heterocycles. The Bertz CT molecular complexity index is 463. The number of fused-ring (bicyclic) bond motifs is 1. The Morgan fingerprint density at radius 1 is 1.44 bits per heavy atom. The molecular weight excluding hydrogens is 224 g/mol. The summed E-state index contributed by atoms with van der Waals surface area (Å²) in [6.07, 6.45) is 5.86. The van der Waals surface area contributed by atoms with Gasteiger partial charge in [-0.25, -0.2) is 4.98 Å². The fraction of sp³-hybridized carbons (Fsp3) is 0.417. The number of hydrogen-bond acceptors (Lipinski definition) is 2. The molecule has 0 amide bonds. The van der Waals surface area contributed by atoms with Crippen LogP contribution in [0.2, 0.25) is 0 Å². The van der Waals surface area contributed by atoms with Gasteiger partial charge in [-0.15, -0.1) is 11.6 Å². The van der Waals surface area contributed by atoms with Crippen LogP contribution in [0, 0.1) is 0 Å². The van der Waals surface area contributed by atoms with Crippen LogP contribution >= 0.6 is 11.6 Å². The van der Waals surface area contributed by atoms with Crippen LogP contribution in [-0.2, 0) is 4.74 Å². The third-order valence-corrected chi connectivity index (χ3v) is 3.33. The Morgan fingerprint density at radius 3 is 3.19 bits per heavy atom. The second kappa shape index (κ2) is 4.07. The van der Waals surface area contributed by atoms with Crippen molar-refractivity contribution in [1.82, 2.24) is 9.38 Å². The monoisotopic (exact) mass is 236 g/mol. The summed E-state index contributed by atoms with van der Waals surface area (Å²) in [7, 11) is 0. The first-order valence-corrected chi connectivity index (χ1v) is 5.96. The van der Waals surface area contributed by atoms with E-state index in [1.165, 1.54) is 0 Å². The van der Waals surface area contributed by atoms with Crippen molar-refractivity contribution in [2.24, 2.45) is 0 Å². The average molecular weight is 237 g/mol. The zero-order chi connectivity index (χ0) is 11.0. The fourth-order valence-corrected chi connectivity index (χ4v) is 2.32. The molecule has 1 aliphatic heterocycles. The van der Waals surface area contributed by atoms with Gasteiger partial charge in [0.25, 0.3) is 0 Å². The Hall–Kier alpha value is -1.06. The highest BCUT2D eigenvalue weighted by Crippen LogP contribution is 2.30. The molecule has 0 radical (unpaired) electrons. The van der Waals surface area contributed by atoms with E-state index >= 15 is 0 Å². The van der Waals surface area contributed by atoms with Gasteiger partial charge in [-0.05, 0) is 25.0 Å². The van der Waals surface area contributed by atoms with Gasteiger partial charge >= 0.3 is 0 Å². The molecule has 2 aromatic rings. The lowest BCUT2D eigenvalue weighted by atomic mass is 10.1. The number of halogens is 1. The van der Waals surface area contributed by atoms with Crippen LogP contribution in [0.15, 0.2) is 30.6 Å². The van der Waals surface area contributed by atoms with Crippen molar-refractivity contribution in [3.05, 3.63) is 36.3 Å². The Balaban J connectivity index is 1.93. The number of imidazole rings is 1. The molecule has 2 atom stereocenters. The predicted octanol–water partition coefficient (Wildman–Crippen LogP) is 2.79. The number of hydrogen-bond donors (Lipinski definition) is 0. The topological polar surface area (TPSA) is 26.5 Å². The molecule has 4 heteroatoms. The minimum Gasteiger partial charge on any atom is -0.372 e. The highest BCUT2D eigenvalue weighted by molar-refractivity contribution is 6.20. The summed E-state index contributed by atoms with van der Waals surface area (Å²) in [6, 6.07) is 5.97. The van der Waals surface area contributed by atoms with Gasteiger partial charge in [0, 0.05) is 24.4 Å². The standard InChI is InChI=1S/C12H13ClN2O/c13-9-4-6-16-11(7-9)10-8-15-5-2-1-3-12(15)14-10/h1-3,5,8-9,11H,4,6-7H2. The van der Waals surface area contributed by atoms with E-state index in [4.69, 9.17) is 16.3 Å². The van der Waals surface area contributed by atoms with Crippen LogP contribution in [0.5, 0.6) is 0 Å². The lowest BCUT2D eigenvalue weighted by Gasteiger charge is -2.24. The summed E-state index contributed by atoms with van der Waals surface area (Å²) in [5.41, 5.74) is 1.94. The Kier molecular flexibility index (Phi) is 2.58. The van der Waals surface area contributed by atoms with E-state index in [1.807, 2.05) is 35.0 Å². The number of pyridine rings is 1. The Morgan fingerprint density at radius 2 is 2.38 bits per heavy atom. The number of ether oxygens (including phenoxy) is 1. The molecule has 84 valence electrons. The largest absolute Gasteiger partial charge is 0.372 e. The van der Waals surface area contributed by atoms with Crippen LogP contribution in [0.3, 0.4) is 0 Å². The summed E-state index contributed by atoms with van der Waals surface area (Å²) in [4.78, 5) is 4.55. The van der Waals surface area contributed by atoms with Gasteiger partial charge in [-0.1, -0.05) is 6.07 Å². The molecule has 1 fully saturated rings. The van der Waals surface area contributed by atoms with E-state index in [-0.39, 0.29) is 11.5 Å². The summed E-state index contributed by atoms with van der Waals surface area (Å²) in [5, 5.41) is 0.212. The molecule has 1 aliphatic rings. The van der Waals surface area contributed by atoms with Crippen LogP contribution in [-0.4, -0.2) is 21.4 Å².